The molecular weight excluding hydrogens is 214 g/mol. The Hall–Kier alpha value is -1.35. The lowest BCUT2D eigenvalue weighted by atomic mass is 10.1. The molecule has 1 rings (SSSR count). The van der Waals surface area contributed by atoms with Crippen molar-refractivity contribution in [1.82, 2.24) is 5.32 Å². The summed E-state index contributed by atoms with van der Waals surface area (Å²) >= 11 is 0. The highest BCUT2D eigenvalue weighted by atomic mass is 16.4. The van der Waals surface area contributed by atoms with Crippen LogP contribution in [0.4, 0.5) is 0 Å². The Kier molecular flexibility index (Phi) is 6.33. The van der Waals surface area contributed by atoms with Gasteiger partial charge in [-0.2, -0.15) is 0 Å². The van der Waals surface area contributed by atoms with E-state index in [4.69, 9.17) is 5.11 Å². The van der Waals surface area contributed by atoms with Crippen LogP contribution in [0.1, 0.15) is 38.2 Å². The second-order valence-corrected chi connectivity index (χ2v) is 4.25. The second kappa shape index (κ2) is 7.85. The summed E-state index contributed by atoms with van der Waals surface area (Å²) < 4.78 is 0. The summed E-state index contributed by atoms with van der Waals surface area (Å²) in [6, 6.07) is 9.45. The lowest BCUT2D eigenvalue weighted by Crippen LogP contribution is -2.36. The molecule has 0 aliphatic carbocycles. The molecule has 0 saturated heterocycles. The van der Waals surface area contributed by atoms with E-state index >= 15 is 0 Å². The molecule has 3 nitrogen and oxygen atoms in total. The lowest BCUT2D eigenvalue weighted by molar-refractivity contribution is -0.139. The van der Waals surface area contributed by atoms with Gasteiger partial charge in [0.05, 0.1) is 0 Å². The maximum atomic E-state index is 11.1. The number of carbonyl (C=O) groups is 1. The fourth-order valence-corrected chi connectivity index (χ4v) is 1.75. The monoisotopic (exact) mass is 235 g/mol. The number of benzene rings is 1. The van der Waals surface area contributed by atoms with E-state index in [2.05, 4.69) is 12.2 Å². The normalized spacial score (nSPS) is 12.3. The van der Waals surface area contributed by atoms with Crippen LogP contribution in [0.2, 0.25) is 0 Å². The van der Waals surface area contributed by atoms with Gasteiger partial charge >= 0.3 is 5.97 Å². The molecule has 2 N–H and O–H groups in total. The first-order chi connectivity index (χ1) is 8.24. The molecule has 0 amide bonds. The van der Waals surface area contributed by atoms with E-state index in [1.54, 1.807) is 0 Å². The van der Waals surface area contributed by atoms with Gasteiger partial charge < -0.3 is 10.4 Å². The summed E-state index contributed by atoms with van der Waals surface area (Å²) in [7, 11) is 0. The second-order valence-electron chi connectivity index (χ2n) is 4.25. The Morgan fingerprint density at radius 3 is 2.59 bits per heavy atom. The summed E-state index contributed by atoms with van der Waals surface area (Å²) in [5.41, 5.74) is 1.12. The van der Waals surface area contributed by atoms with Crippen molar-refractivity contribution in [3.8, 4) is 0 Å². The van der Waals surface area contributed by atoms with Crippen LogP contribution >= 0.6 is 0 Å². The van der Waals surface area contributed by atoms with Crippen molar-refractivity contribution in [2.24, 2.45) is 0 Å². The minimum Gasteiger partial charge on any atom is -0.480 e. The number of aliphatic carboxylic acids is 1. The van der Waals surface area contributed by atoms with Crippen LogP contribution in [0, 0.1) is 0 Å². The molecular formula is C14H21NO2. The molecule has 3 heteroatoms. The van der Waals surface area contributed by atoms with E-state index in [1.165, 1.54) is 0 Å². The van der Waals surface area contributed by atoms with Crippen molar-refractivity contribution < 1.29 is 9.90 Å². The van der Waals surface area contributed by atoms with Crippen molar-refractivity contribution >= 4 is 5.97 Å². The van der Waals surface area contributed by atoms with E-state index in [1.807, 2.05) is 30.3 Å². The van der Waals surface area contributed by atoms with E-state index in [-0.39, 0.29) is 0 Å². The van der Waals surface area contributed by atoms with Crippen molar-refractivity contribution in [3.05, 3.63) is 35.9 Å². The largest absolute Gasteiger partial charge is 0.480 e. The Balaban J connectivity index is 2.36. The van der Waals surface area contributed by atoms with Gasteiger partial charge in [0.25, 0.3) is 0 Å². The minimum absolute atomic E-state index is 0.429. The number of unbranched alkanes of at least 4 members (excludes halogenated alkanes) is 2. The summed E-state index contributed by atoms with van der Waals surface area (Å²) in [5, 5.41) is 12.2. The predicted molar refractivity (Wildman–Crippen MR) is 68.8 cm³/mol. The van der Waals surface area contributed by atoms with Crippen LogP contribution in [0.5, 0.6) is 0 Å². The van der Waals surface area contributed by atoms with Crippen molar-refractivity contribution in [3.63, 3.8) is 0 Å². The fraction of sp³-hybridized carbons (Fsp3) is 0.500. The molecule has 0 aliphatic heterocycles. The number of carboxylic acid groups (broad SMARTS) is 1. The average Bonchev–Trinajstić information content (AvgIpc) is 2.34. The lowest BCUT2D eigenvalue weighted by Gasteiger charge is -2.14. The Bertz CT molecular complexity index is 324. The molecule has 0 fully saturated rings. The van der Waals surface area contributed by atoms with Gasteiger partial charge in [-0.1, -0.05) is 56.5 Å². The van der Waals surface area contributed by atoms with Gasteiger partial charge in [-0.3, -0.25) is 4.79 Å². The molecule has 0 saturated carbocycles. The molecule has 0 heterocycles. The van der Waals surface area contributed by atoms with Gasteiger partial charge in [0.2, 0.25) is 0 Å². The third kappa shape index (κ3) is 5.50. The van der Waals surface area contributed by atoms with Crippen LogP contribution in [-0.4, -0.2) is 17.1 Å². The van der Waals surface area contributed by atoms with Crippen molar-refractivity contribution in [2.75, 3.05) is 0 Å². The molecule has 0 radical (unpaired) electrons. The number of rotatable bonds is 8. The van der Waals surface area contributed by atoms with Gasteiger partial charge in [0.1, 0.15) is 6.04 Å². The number of nitrogens with one attached hydrogen (secondary N) is 1. The van der Waals surface area contributed by atoms with E-state index in [0.717, 1.165) is 24.8 Å². The van der Waals surface area contributed by atoms with E-state index < -0.39 is 12.0 Å². The number of hydrogen-bond acceptors (Lipinski definition) is 2. The maximum Gasteiger partial charge on any atom is 0.320 e. The highest BCUT2D eigenvalue weighted by Crippen LogP contribution is 2.05. The maximum absolute atomic E-state index is 11.1. The summed E-state index contributed by atoms with van der Waals surface area (Å²) in [5.74, 6) is -0.753. The first-order valence-electron chi connectivity index (χ1n) is 6.24. The van der Waals surface area contributed by atoms with E-state index in [0.29, 0.717) is 13.0 Å². The standard InChI is InChI=1S/C14H21NO2/c1-2-3-5-10-13(14(16)17)15-11-12-8-6-4-7-9-12/h4,6-9,13,15H,2-3,5,10-11H2,1H3,(H,16,17)/t13-/m1/s1. The summed E-state index contributed by atoms with van der Waals surface area (Å²) in [6.45, 7) is 2.73. The zero-order valence-electron chi connectivity index (χ0n) is 10.4. The van der Waals surface area contributed by atoms with Gasteiger partial charge in [-0.15, -0.1) is 0 Å². The third-order valence-electron chi connectivity index (χ3n) is 2.79. The van der Waals surface area contributed by atoms with Gasteiger partial charge in [0, 0.05) is 6.54 Å². The Labute approximate surface area is 103 Å². The van der Waals surface area contributed by atoms with Crippen molar-refractivity contribution in [2.45, 2.75) is 45.2 Å². The van der Waals surface area contributed by atoms with Gasteiger partial charge in [0.15, 0.2) is 0 Å². The van der Waals surface area contributed by atoms with Crippen LogP contribution in [0.3, 0.4) is 0 Å². The number of hydrogen-bond donors (Lipinski definition) is 2. The molecule has 0 aliphatic rings. The Morgan fingerprint density at radius 2 is 2.00 bits per heavy atom. The molecule has 1 atom stereocenters. The Morgan fingerprint density at radius 1 is 1.29 bits per heavy atom. The SMILES string of the molecule is CCCCC[C@@H](NCc1ccccc1)C(=O)O. The van der Waals surface area contributed by atoms with Crippen LogP contribution in [-0.2, 0) is 11.3 Å². The zero-order chi connectivity index (χ0) is 12.5. The quantitative estimate of drug-likeness (QED) is 0.681. The van der Waals surface area contributed by atoms with Gasteiger partial charge in [-0.25, -0.2) is 0 Å². The molecule has 1 aromatic carbocycles. The molecule has 0 bridgehead atoms. The molecule has 0 unspecified atom stereocenters. The molecule has 94 valence electrons. The topological polar surface area (TPSA) is 49.3 Å². The zero-order valence-corrected chi connectivity index (χ0v) is 10.4. The average molecular weight is 235 g/mol. The molecule has 0 aromatic heterocycles. The van der Waals surface area contributed by atoms with Crippen molar-refractivity contribution in [1.29, 1.82) is 0 Å². The molecule has 17 heavy (non-hydrogen) atoms. The summed E-state index contributed by atoms with van der Waals surface area (Å²) in [4.78, 5) is 11.1. The molecule has 0 spiro atoms. The smallest absolute Gasteiger partial charge is 0.320 e. The fourth-order valence-electron chi connectivity index (χ4n) is 1.75. The number of carboxylic acids is 1. The van der Waals surface area contributed by atoms with Crippen LogP contribution in [0.25, 0.3) is 0 Å². The van der Waals surface area contributed by atoms with Gasteiger partial charge in [-0.05, 0) is 12.0 Å². The summed E-state index contributed by atoms with van der Waals surface area (Å²) in [6.07, 6.45) is 3.88. The van der Waals surface area contributed by atoms with Crippen LogP contribution < -0.4 is 5.32 Å². The third-order valence-corrected chi connectivity index (χ3v) is 2.79. The highest BCUT2D eigenvalue weighted by molar-refractivity contribution is 5.73. The van der Waals surface area contributed by atoms with E-state index in [9.17, 15) is 4.79 Å². The van der Waals surface area contributed by atoms with Crippen LogP contribution in [0.15, 0.2) is 30.3 Å². The predicted octanol–water partition coefficient (Wildman–Crippen LogP) is 2.81. The molecule has 1 aromatic rings. The minimum atomic E-state index is -0.753. The first kappa shape index (κ1) is 13.7. The highest BCUT2D eigenvalue weighted by Gasteiger charge is 2.15. The first-order valence-corrected chi connectivity index (χ1v) is 6.24.